The quantitative estimate of drug-likeness (QED) is 0.351. The second-order valence-electron chi connectivity index (χ2n) is 12.8. The molecule has 3 fully saturated rings. The van der Waals surface area contributed by atoms with Crippen molar-refractivity contribution >= 4 is 46.8 Å². The van der Waals surface area contributed by atoms with Crippen molar-refractivity contribution in [3.05, 3.63) is 63.4 Å². The van der Waals surface area contributed by atoms with Crippen LogP contribution in [0.15, 0.2) is 51.3 Å². The third-order valence-corrected chi connectivity index (χ3v) is 11.1. The van der Waals surface area contributed by atoms with Gasteiger partial charge < -0.3 is 23.7 Å². The Morgan fingerprint density at radius 3 is 2.23 bits per heavy atom. The van der Waals surface area contributed by atoms with Crippen molar-refractivity contribution in [1.82, 2.24) is 19.7 Å². The number of oxazole rings is 1. The number of benzene rings is 1. The van der Waals surface area contributed by atoms with E-state index >= 15 is 0 Å². The molecular formula is C34H41Cl2N5O6. The zero-order valence-corrected chi connectivity index (χ0v) is 28.5. The molecule has 0 radical (unpaired) electrons. The van der Waals surface area contributed by atoms with Crippen LogP contribution in [-0.4, -0.2) is 109 Å². The Morgan fingerprint density at radius 1 is 0.957 bits per heavy atom. The van der Waals surface area contributed by atoms with Gasteiger partial charge in [-0.2, -0.15) is 0 Å². The summed E-state index contributed by atoms with van der Waals surface area (Å²) >= 11 is 13.4. The third-order valence-electron chi connectivity index (χ3n) is 10.4. The summed E-state index contributed by atoms with van der Waals surface area (Å²) in [5, 5.41) is 0.520. The molecule has 5 heterocycles. The van der Waals surface area contributed by atoms with Gasteiger partial charge in [0.15, 0.2) is 5.89 Å². The first-order valence-corrected chi connectivity index (χ1v) is 17.0. The molecule has 1 amide bonds. The Bertz CT molecular complexity index is 1520. The molecule has 4 unspecified atom stereocenters. The van der Waals surface area contributed by atoms with Gasteiger partial charge in [0.25, 0.3) is 0 Å². The number of carbonyl (C=O) groups is 3. The Labute approximate surface area is 284 Å². The van der Waals surface area contributed by atoms with E-state index in [1.54, 1.807) is 18.2 Å². The van der Waals surface area contributed by atoms with Crippen LogP contribution in [-0.2, 0) is 30.3 Å². The van der Waals surface area contributed by atoms with E-state index in [1.165, 1.54) is 52.4 Å². The van der Waals surface area contributed by atoms with Crippen molar-refractivity contribution in [2.75, 3.05) is 47.4 Å². The van der Waals surface area contributed by atoms with Gasteiger partial charge in [0.1, 0.15) is 12.2 Å². The fourth-order valence-corrected chi connectivity index (χ4v) is 8.58. The maximum atomic E-state index is 13.9. The molecule has 2 bridgehead atoms. The monoisotopic (exact) mass is 685 g/mol. The summed E-state index contributed by atoms with van der Waals surface area (Å²) in [5.74, 6) is -3.11. The van der Waals surface area contributed by atoms with Crippen LogP contribution in [0.3, 0.4) is 0 Å². The number of piperidine rings is 1. The molecule has 11 nitrogen and oxygen atoms in total. The van der Waals surface area contributed by atoms with Gasteiger partial charge in [0.05, 0.1) is 38.1 Å². The standard InChI is InChI=1S/C34H41Cl2N5O6/c1-39-20-7-8-21(39)18-22(17-20)40-12-14-41(15-13-40)28(42)19-26-31(34(44)46-3)32(29-23(35)5-4-6-24(29)36)30(33(43)45-2)25(38-26)9-10-27-37-11-16-47-27/h4-6,11,16,20-22,30,32H,7-10,12-15,17-19H2,1-3H3. The molecule has 47 heavy (non-hydrogen) atoms. The van der Waals surface area contributed by atoms with Crippen molar-refractivity contribution in [3.63, 3.8) is 0 Å². The molecule has 4 atom stereocenters. The van der Waals surface area contributed by atoms with Crippen LogP contribution in [0, 0.1) is 5.92 Å². The molecule has 1 aromatic carbocycles. The van der Waals surface area contributed by atoms with Gasteiger partial charge in [0.2, 0.25) is 5.91 Å². The molecule has 252 valence electrons. The van der Waals surface area contributed by atoms with Gasteiger partial charge in [-0.3, -0.25) is 19.5 Å². The smallest absolute Gasteiger partial charge is 0.336 e. The fourth-order valence-electron chi connectivity index (χ4n) is 7.94. The van der Waals surface area contributed by atoms with Crippen molar-refractivity contribution < 1.29 is 28.3 Å². The maximum absolute atomic E-state index is 13.9. The average Bonchev–Trinajstić information content (AvgIpc) is 3.65. The summed E-state index contributed by atoms with van der Waals surface area (Å²) in [4.78, 5) is 57.0. The number of fused-ring (bicyclic) bond motifs is 2. The van der Waals surface area contributed by atoms with E-state index in [9.17, 15) is 14.4 Å². The number of aryl methyl sites for hydroxylation is 1. The molecule has 6 rings (SSSR count). The molecule has 0 saturated carbocycles. The van der Waals surface area contributed by atoms with Gasteiger partial charge >= 0.3 is 11.9 Å². The second kappa shape index (κ2) is 14.5. The van der Waals surface area contributed by atoms with E-state index < -0.39 is 23.8 Å². The Balaban J connectivity index is 1.30. The average molecular weight is 687 g/mol. The lowest BCUT2D eigenvalue weighted by Gasteiger charge is -2.45. The highest BCUT2D eigenvalue weighted by molar-refractivity contribution is 6.36. The van der Waals surface area contributed by atoms with Crippen molar-refractivity contribution in [2.24, 2.45) is 10.9 Å². The zero-order chi connectivity index (χ0) is 33.2. The third kappa shape index (κ3) is 6.86. The van der Waals surface area contributed by atoms with Gasteiger partial charge in [-0.05, 0) is 56.8 Å². The number of amides is 1. The second-order valence-corrected chi connectivity index (χ2v) is 13.6. The van der Waals surface area contributed by atoms with Gasteiger partial charge in [-0.25, -0.2) is 9.78 Å². The molecule has 0 aliphatic carbocycles. The molecule has 0 spiro atoms. The molecule has 13 heteroatoms. The number of aromatic nitrogens is 1. The van der Waals surface area contributed by atoms with E-state index in [2.05, 4.69) is 21.8 Å². The minimum Gasteiger partial charge on any atom is -0.468 e. The van der Waals surface area contributed by atoms with Gasteiger partial charge in [-0.15, -0.1) is 0 Å². The number of piperazine rings is 1. The fraction of sp³-hybridized carbons (Fsp3) is 0.559. The van der Waals surface area contributed by atoms with Gasteiger partial charge in [-0.1, -0.05) is 29.3 Å². The molecule has 4 aliphatic rings. The van der Waals surface area contributed by atoms with Crippen LogP contribution in [0.4, 0.5) is 0 Å². The Morgan fingerprint density at radius 2 is 1.64 bits per heavy atom. The number of rotatable bonds is 9. The number of hydrogen-bond acceptors (Lipinski definition) is 10. The predicted molar refractivity (Wildman–Crippen MR) is 176 cm³/mol. The number of hydrogen-bond donors (Lipinski definition) is 0. The number of aliphatic imine (C=N–C) groups is 1. The molecule has 3 saturated heterocycles. The van der Waals surface area contributed by atoms with Crippen LogP contribution in [0.1, 0.15) is 55.9 Å². The number of ether oxygens (including phenoxy) is 2. The lowest BCUT2D eigenvalue weighted by Crippen LogP contribution is -2.55. The summed E-state index contributed by atoms with van der Waals surface area (Å²) in [6, 6.07) is 6.81. The highest BCUT2D eigenvalue weighted by Crippen LogP contribution is 2.46. The number of halogens is 2. The van der Waals surface area contributed by atoms with E-state index in [-0.39, 0.29) is 40.1 Å². The zero-order valence-electron chi connectivity index (χ0n) is 27.0. The maximum Gasteiger partial charge on any atom is 0.336 e. The summed E-state index contributed by atoms with van der Waals surface area (Å²) in [6.07, 6.45) is 8.33. The first-order valence-electron chi connectivity index (χ1n) is 16.2. The largest absolute Gasteiger partial charge is 0.468 e. The van der Waals surface area contributed by atoms with E-state index in [4.69, 9.17) is 42.1 Å². The summed E-state index contributed by atoms with van der Waals surface area (Å²) in [6.45, 7) is 2.78. The highest BCUT2D eigenvalue weighted by Gasteiger charge is 2.46. The molecule has 4 aliphatic heterocycles. The highest BCUT2D eigenvalue weighted by atomic mass is 35.5. The summed E-state index contributed by atoms with van der Waals surface area (Å²) in [5.41, 5.74) is 1.06. The van der Waals surface area contributed by atoms with E-state index in [0.717, 1.165) is 13.1 Å². The minimum absolute atomic E-state index is 0.0616. The van der Waals surface area contributed by atoms with Crippen molar-refractivity contribution in [1.29, 1.82) is 0 Å². The number of carbonyl (C=O) groups excluding carboxylic acids is 3. The minimum atomic E-state index is -1.06. The first kappa shape index (κ1) is 33.6. The number of methoxy groups -OCH3 is 2. The van der Waals surface area contributed by atoms with Gasteiger partial charge in [0, 0.05) is 72.4 Å². The van der Waals surface area contributed by atoms with Crippen LogP contribution in [0.5, 0.6) is 0 Å². The van der Waals surface area contributed by atoms with Crippen LogP contribution in [0.25, 0.3) is 0 Å². The van der Waals surface area contributed by atoms with Crippen LogP contribution < -0.4 is 0 Å². The molecule has 1 aromatic heterocycles. The molecular weight excluding hydrogens is 645 g/mol. The number of esters is 2. The number of nitrogens with zero attached hydrogens (tertiary/aromatic N) is 5. The molecule has 0 N–H and O–H groups in total. The van der Waals surface area contributed by atoms with Crippen molar-refractivity contribution in [2.45, 2.75) is 69.0 Å². The predicted octanol–water partition coefficient (Wildman–Crippen LogP) is 4.53. The van der Waals surface area contributed by atoms with Crippen LogP contribution in [0.2, 0.25) is 10.0 Å². The summed E-state index contributed by atoms with van der Waals surface area (Å²) in [7, 11) is 4.77. The van der Waals surface area contributed by atoms with E-state index in [1.807, 2.05) is 4.90 Å². The lowest BCUT2D eigenvalue weighted by atomic mass is 9.73. The van der Waals surface area contributed by atoms with Crippen molar-refractivity contribution in [3.8, 4) is 0 Å². The first-order chi connectivity index (χ1) is 22.7. The normalized spacial score (nSPS) is 26.7. The topological polar surface area (TPSA) is 118 Å². The van der Waals surface area contributed by atoms with E-state index in [0.29, 0.717) is 54.8 Å². The molecule has 2 aromatic rings. The van der Waals surface area contributed by atoms with Crippen LogP contribution >= 0.6 is 23.2 Å². The Hall–Kier alpha value is -3.25. The lowest BCUT2D eigenvalue weighted by molar-refractivity contribution is -0.143. The summed E-state index contributed by atoms with van der Waals surface area (Å²) < 4.78 is 15.9. The SMILES string of the molecule is COC(=O)C1=C(CC(=O)N2CCN(C3CC4CCC(C3)N4C)CC2)N=C(CCc2ncco2)C(C(=O)OC)C1c1c(Cl)cccc1Cl. The Kier molecular flexibility index (Phi) is 10.4.